The monoisotopic (exact) mass is 924 g/mol. The van der Waals surface area contributed by atoms with Gasteiger partial charge in [0.25, 0.3) is 11.1 Å². The molecule has 0 aliphatic carbocycles. The molecule has 2 aliphatic rings. The lowest BCUT2D eigenvalue weighted by Gasteiger charge is -2.31. The first-order chi connectivity index (χ1) is 30.9. The Balaban J connectivity index is 1.33. The number of phosphoric ester groups is 1. The van der Waals surface area contributed by atoms with Crippen LogP contribution < -0.4 is 22.5 Å². The van der Waals surface area contributed by atoms with Gasteiger partial charge in [-0.1, -0.05) is 96.8 Å². The quantitative estimate of drug-likeness (QED) is 0.0549. The second-order valence-corrected chi connectivity index (χ2v) is 18.2. The minimum Gasteiger partial charge on any atom is -0.382 e. The summed E-state index contributed by atoms with van der Waals surface area (Å²) >= 11 is 0. The van der Waals surface area contributed by atoms with Crippen LogP contribution in [0.2, 0.25) is 0 Å². The van der Waals surface area contributed by atoms with Crippen LogP contribution in [0.25, 0.3) is 11.2 Å². The Kier molecular flexibility index (Phi) is 20.2. The molecule has 2 aliphatic heterocycles. The highest BCUT2D eigenvalue weighted by atomic mass is 31.2. The molecule has 1 amide bonds. The number of carbonyl (C=O) groups is 1. The van der Waals surface area contributed by atoms with Crippen LogP contribution in [-0.2, 0) is 42.1 Å². The average Bonchev–Trinajstić information content (AvgIpc) is 3.94. The molecule has 64 heavy (non-hydrogen) atoms. The van der Waals surface area contributed by atoms with E-state index in [0.29, 0.717) is 13.0 Å². The molecule has 2 fully saturated rings. The number of hydrogen-bond acceptors (Lipinski definition) is 15. The lowest BCUT2D eigenvalue weighted by Crippen LogP contribution is -2.46. The molecule has 9 atom stereocenters. The van der Waals surface area contributed by atoms with Crippen molar-refractivity contribution in [1.29, 1.82) is 0 Å². The highest BCUT2D eigenvalue weighted by Gasteiger charge is 2.52. The van der Waals surface area contributed by atoms with Crippen molar-refractivity contribution in [3.8, 4) is 0 Å². The fraction of sp³-hybridized carbons (Fsp3) is 0.762. The molecule has 360 valence electrons. The molecule has 2 saturated heterocycles. The molecular weight excluding hydrogens is 855 g/mol. The van der Waals surface area contributed by atoms with Crippen LogP contribution in [0.4, 0.5) is 5.95 Å². The number of fused-ring (bicyclic) bond motifs is 1. The summed E-state index contributed by atoms with van der Waals surface area (Å²) in [4.78, 5) is 77.5. The topological polar surface area (TPSA) is 267 Å². The van der Waals surface area contributed by atoms with Gasteiger partial charge in [-0.05, 0) is 6.42 Å². The van der Waals surface area contributed by atoms with E-state index in [2.05, 4.69) is 26.9 Å². The van der Waals surface area contributed by atoms with E-state index in [1.54, 1.807) is 4.90 Å². The number of aromatic nitrogens is 6. The van der Waals surface area contributed by atoms with E-state index in [1.807, 2.05) is 0 Å². The lowest BCUT2D eigenvalue weighted by molar-refractivity contribution is -0.137. The van der Waals surface area contributed by atoms with Gasteiger partial charge < -0.3 is 39.2 Å². The molecule has 5 unspecified atom stereocenters. The summed E-state index contributed by atoms with van der Waals surface area (Å²) in [6, 6.07) is 1.20. The van der Waals surface area contributed by atoms with Gasteiger partial charge in [0.2, 0.25) is 11.9 Å². The van der Waals surface area contributed by atoms with Crippen molar-refractivity contribution in [3.05, 3.63) is 49.8 Å². The first-order valence-electron chi connectivity index (χ1n) is 22.6. The van der Waals surface area contributed by atoms with E-state index < -0.39 is 73.5 Å². The Hall–Kier alpha value is -3.79. The predicted octanol–water partition coefficient (Wildman–Crippen LogP) is 4.56. The molecule has 0 saturated carbocycles. The number of hydrogen-bond donors (Lipinski definition) is 4. The number of anilines is 1. The zero-order chi connectivity index (χ0) is 46.2. The SMILES string of the molecule is CCCCCCCCCCCCCCCCCN(C[C@H]1O[C@@H](n2cnc3c(=O)[nH]c(N)nc32)C(OC)C1OP(=O)(O)OC)C(=O)CC1C(OC)[C@H](n2ccc(=O)[nH]c2=O)O[C@@H]1COC. The molecule has 5 N–H and O–H groups in total. The fourth-order valence-corrected chi connectivity index (χ4v) is 9.47. The Morgan fingerprint density at radius 3 is 2.02 bits per heavy atom. The molecule has 0 aromatic carbocycles. The van der Waals surface area contributed by atoms with Crippen LogP contribution in [0.5, 0.6) is 0 Å². The third-order valence-electron chi connectivity index (χ3n) is 12.2. The van der Waals surface area contributed by atoms with Gasteiger partial charge >= 0.3 is 13.5 Å². The van der Waals surface area contributed by atoms with Crippen LogP contribution in [0.15, 0.2) is 33.0 Å². The summed E-state index contributed by atoms with van der Waals surface area (Å²) in [5.41, 5.74) is 4.08. The van der Waals surface area contributed by atoms with E-state index in [1.165, 1.54) is 113 Å². The van der Waals surface area contributed by atoms with Gasteiger partial charge in [-0.25, -0.2) is 14.3 Å². The third kappa shape index (κ3) is 13.6. The number of ether oxygens (including phenoxy) is 5. The highest BCUT2D eigenvalue weighted by molar-refractivity contribution is 7.47. The number of unbranched alkanes of at least 4 members (excludes halogenated alkanes) is 14. The number of rotatable bonds is 29. The van der Waals surface area contributed by atoms with Crippen LogP contribution in [0, 0.1) is 5.92 Å². The van der Waals surface area contributed by atoms with Crippen molar-refractivity contribution in [2.45, 2.75) is 153 Å². The standard InChI is InChI=1S/C42H69N8O13P/c1-6-7-8-9-10-11-12-13-14-15-16-17-18-19-20-22-48(32(52)24-28-30(26-57-2)62-39(34(28)58-3)49-23-21-31(51)45-42(49)54)25-29-35(63-64(55,56)60-5)36(59-4)40(61-29)50-27-44-33-37(50)46-41(43)47-38(33)53/h21,23,27-30,34-36,39-40H,6-20,22,24-26H2,1-5H3,(H,55,56)(H,45,51,54)(H3,43,46,47,53)/t28?,29-,30-,34?,35?,36?,39-,40-/m1/s1. The smallest absolute Gasteiger partial charge is 0.382 e. The van der Waals surface area contributed by atoms with Gasteiger partial charge in [0.1, 0.15) is 24.4 Å². The third-order valence-corrected chi connectivity index (χ3v) is 13.2. The van der Waals surface area contributed by atoms with E-state index in [4.69, 9.17) is 38.5 Å². The number of methoxy groups -OCH3 is 3. The van der Waals surface area contributed by atoms with Crippen molar-refractivity contribution in [2.75, 3.05) is 53.9 Å². The molecular formula is C42H69N8O13P. The molecule has 0 bridgehead atoms. The zero-order valence-corrected chi connectivity index (χ0v) is 38.8. The number of aromatic amines is 2. The maximum atomic E-state index is 14.7. The molecule has 0 radical (unpaired) electrons. The van der Waals surface area contributed by atoms with Crippen LogP contribution >= 0.6 is 7.82 Å². The number of phosphoric acid groups is 1. The number of amides is 1. The largest absolute Gasteiger partial charge is 0.472 e. The minimum atomic E-state index is -4.67. The van der Waals surface area contributed by atoms with Gasteiger partial charge in [0.05, 0.1) is 19.0 Å². The first kappa shape index (κ1) is 51.2. The lowest BCUT2D eigenvalue weighted by atomic mass is 9.93. The Morgan fingerprint density at radius 2 is 1.44 bits per heavy atom. The second kappa shape index (κ2) is 25.2. The average molecular weight is 925 g/mol. The number of nitrogens with zero attached hydrogens (tertiary/aromatic N) is 5. The van der Waals surface area contributed by atoms with Crippen molar-refractivity contribution >= 4 is 30.8 Å². The van der Waals surface area contributed by atoms with E-state index in [9.17, 15) is 28.6 Å². The first-order valence-corrected chi connectivity index (χ1v) is 24.1. The maximum absolute atomic E-state index is 14.7. The molecule has 21 nitrogen and oxygen atoms in total. The molecule has 3 aromatic rings. The van der Waals surface area contributed by atoms with Crippen molar-refractivity contribution in [1.82, 2.24) is 34.0 Å². The van der Waals surface area contributed by atoms with Crippen LogP contribution in [0.1, 0.15) is 122 Å². The summed E-state index contributed by atoms with van der Waals surface area (Å²) in [6.07, 6.45) is 13.1. The Bertz CT molecular complexity index is 2130. The minimum absolute atomic E-state index is 0.0252. The molecule has 3 aromatic heterocycles. The van der Waals surface area contributed by atoms with Crippen LogP contribution in [-0.4, -0.2) is 123 Å². The molecule has 5 rings (SSSR count). The Morgan fingerprint density at radius 1 is 0.844 bits per heavy atom. The number of H-pyrrole nitrogens is 2. The van der Waals surface area contributed by atoms with Crippen molar-refractivity contribution < 1.29 is 47.0 Å². The normalized spacial score (nSPS) is 24.4. The van der Waals surface area contributed by atoms with Crippen molar-refractivity contribution in [2.24, 2.45) is 5.92 Å². The van der Waals surface area contributed by atoms with E-state index in [0.717, 1.165) is 32.8 Å². The number of nitrogens with two attached hydrogens (primary N) is 1. The molecule has 0 spiro atoms. The highest BCUT2D eigenvalue weighted by Crippen LogP contribution is 2.48. The summed E-state index contributed by atoms with van der Waals surface area (Å²) in [6.45, 7) is 2.50. The fourth-order valence-electron chi connectivity index (χ4n) is 8.82. The van der Waals surface area contributed by atoms with E-state index >= 15 is 0 Å². The number of nitrogen functional groups attached to an aromatic ring is 1. The number of imidazole rings is 1. The summed E-state index contributed by atoms with van der Waals surface area (Å²) in [5, 5.41) is 0. The van der Waals surface area contributed by atoms with Gasteiger partial charge in [-0.3, -0.25) is 42.5 Å². The molecule has 22 heteroatoms. The van der Waals surface area contributed by atoms with Gasteiger partial charge in [-0.2, -0.15) is 4.98 Å². The summed E-state index contributed by atoms with van der Waals surface area (Å²) in [5.74, 6) is -1.09. The second-order valence-electron chi connectivity index (χ2n) is 16.7. The van der Waals surface area contributed by atoms with Crippen molar-refractivity contribution in [3.63, 3.8) is 0 Å². The van der Waals surface area contributed by atoms with Gasteiger partial charge in [0.15, 0.2) is 23.6 Å². The number of nitrogens with one attached hydrogen (secondary N) is 2. The van der Waals surface area contributed by atoms with E-state index in [-0.39, 0.29) is 42.6 Å². The van der Waals surface area contributed by atoms with Gasteiger partial charge in [-0.15, -0.1) is 0 Å². The Labute approximate surface area is 373 Å². The van der Waals surface area contributed by atoms with Gasteiger partial charge in [0, 0.05) is 66.1 Å². The van der Waals surface area contributed by atoms with Crippen LogP contribution in [0.3, 0.4) is 0 Å². The zero-order valence-electron chi connectivity index (χ0n) is 37.9. The maximum Gasteiger partial charge on any atom is 0.472 e. The summed E-state index contributed by atoms with van der Waals surface area (Å²) in [7, 11) is 0.676. The molecule has 5 heterocycles. The number of carbonyl (C=O) groups excluding carboxylic acids is 1. The summed E-state index contributed by atoms with van der Waals surface area (Å²) < 4.78 is 56.2. The predicted molar refractivity (Wildman–Crippen MR) is 236 cm³/mol.